The summed E-state index contributed by atoms with van der Waals surface area (Å²) in [6, 6.07) is 12.5. The summed E-state index contributed by atoms with van der Waals surface area (Å²) in [5.41, 5.74) is 2.11. The molecule has 1 aromatic heterocycles. The van der Waals surface area contributed by atoms with E-state index in [1.54, 1.807) is 47.1 Å². The molecule has 1 N–H and O–H groups in total. The number of rotatable bonds is 7. The number of nitrogens with one attached hydrogen (secondary N) is 1. The summed E-state index contributed by atoms with van der Waals surface area (Å²) < 4.78 is 12.4. The van der Waals surface area contributed by atoms with Gasteiger partial charge in [-0.3, -0.25) is 9.59 Å². The monoisotopic (exact) mass is 439 g/mol. The molecule has 0 saturated heterocycles. The average Bonchev–Trinajstić information content (AvgIpc) is 3.40. The zero-order valence-electron chi connectivity index (χ0n) is 17.1. The van der Waals surface area contributed by atoms with E-state index in [1.807, 2.05) is 25.2 Å². The van der Waals surface area contributed by atoms with Gasteiger partial charge in [-0.15, -0.1) is 10.2 Å². The number of hydrogen-bond donors (Lipinski definition) is 1. The number of aryl methyl sites for hydroxylation is 1. The van der Waals surface area contributed by atoms with E-state index >= 15 is 0 Å². The Morgan fingerprint density at radius 3 is 2.68 bits per heavy atom. The SMILES string of the molecule is CN(Cc1ccc2c(c1)OCO2)C(=O)c1ccc(NC(=O)CSc2nncn2C)cc1. The second-order valence-electron chi connectivity index (χ2n) is 6.99. The highest BCUT2D eigenvalue weighted by atomic mass is 32.2. The molecule has 1 aliphatic heterocycles. The first kappa shape index (κ1) is 20.7. The quantitative estimate of drug-likeness (QED) is 0.565. The maximum Gasteiger partial charge on any atom is 0.253 e. The molecule has 0 aliphatic carbocycles. The van der Waals surface area contributed by atoms with E-state index in [2.05, 4.69) is 15.5 Å². The standard InChI is InChI=1S/C21H21N5O4S/c1-25(10-14-3-8-17-18(9-14)30-13-29-17)20(28)15-4-6-16(7-5-15)23-19(27)11-31-21-24-22-12-26(21)2/h3-9,12H,10-11,13H2,1-2H3,(H,23,27). The Bertz CT molecular complexity index is 1100. The van der Waals surface area contributed by atoms with Crippen LogP contribution >= 0.6 is 11.8 Å². The lowest BCUT2D eigenvalue weighted by Crippen LogP contribution is -2.26. The third-order valence-electron chi connectivity index (χ3n) is 4.62. The van der Waals surface area contributed by atoms with Gasteiger partial charge >= 0.3 is 0 Å². The number of nitrogens with zero attached hydrogens (tertiary/aromatic N) is 4. The van der Waals surface area contributed by atoms with Gasteiger partial charge in [0.05, 0.1) is 5.75 Å². The summed E-state index contributed by atoms with van der Waals surface area (Å²) in [4.78, 5) is 26.5. The van der Waals surface area contributed by atoms with Crippen LogP contribution in [0.3, 0.4) is 0 Å². The van der Waals surface area contributed by atoms with Crippen LogP contribution in [0.1, 0.15) is 15.9 Å². The maximum absolute atomic E-state index is 12.7. The fourth-order valence-corrected chi connectivity index (χ4v) is 3.72. The van der Waals surface area contributed by atoms with Gasteiger partial charge < -0.3 is 24.3 Å². The Kier molecular flexibility index (Phi) is 6.08. The van der Waals surface area contributed by atoms with Crippen LogP contribution in [0.4, 0.5) is 5.69 Å². The van der Waals surface area contributed by atoms with Crippen molar-refractivity contribution in [2.75, 3.05) is 24.9 Å². The van der Waals surface area contributed by atoms with Gasteiger partial charge in [-0.2, -0.15) is 0 Å². The number of hydrogen-bond acceptors (Lipinski definition) is 7. The number of amides is 2. The smallest absolute Gasteiger partial charge is 0.253 e. The highest BCUT2D eigenvalue weighted by Gasteiger charge is 2.16. The fraction of sp³-hybridized carbons (Fsp3) is 0.238. The second kappa shape index (κ2) is 9.09. The van der Waals surface area contributed by atoms with Crippen molar-refractivity contribution in [3.63, 3.8) is 0 Å². The molecule has 160 valence electrons. The molecular weight excluding hydrogens is 418 g/mol. The minimum Gasteiger partial charge on any atom is -0.454 e. The molecule has 9 nitrogen and oxygen atoms in total. The van der Waals surface area contributed by atoms with Gasteiger partial charge in [-0.25, -0.2) is 0 Å². The first-order valence-electron chi connectivity index (χ1n) is 9.50. The van der Waals surface area contributed by atoms with Gasteiger partial charge in [0.25, 0.3) is 5.91 Å². The molecule has 4 rings (SSSR count). The van der Waals surface area contributed by atoms with Gasteiger partial charge in [-0.05, 0) is 42.0 Å². The van der Waals surface area contributed by atoms with E-state index < -0.39 is 0 Å². The molecule has 2 aromatic carbocycles. The van der Waals surface area contributed by atoms with Crippen LogP contribution in [-0.4, -0.2) is 51.1 Å². The molecule has 0 radical (unpaired) electrons. The normalized spacial score (nSPS) is 11.9. The summed E-state index contributed by atoms with van der Waals surface area (Å²) in [5.74, 6) is 1.34. The van der Waals surface area contributed by atoms with Crippen molar-refractivity contribution >= 4 is 29.3 Å². The number of aromatic nitrogens is 3. The van der Waals surface area contributed by atoms with Crippen LogP contribution in [0.15, 0.2) is 53.9 Å². The minimum atomic E-state index is -0.160. The molecule has 0 unspecified atom stereocenters. The van der Waals surface area contributed by atoms with E-state index in [9.17, 15) is 9.59 Å². The Hall–Kier alpha value is -3.53. The third kappa shape index (κ3) is 4.97. The molecule has 0 atom stereocenters. The number of carbonyl (C=O) groups excluding carboxylic acids is 2. The predicted octanol–water partition coefficient (Wildman–Crippen LogP) is 2.55. The molecule has 3 aromatic rings. The molecule has 10 heteroatoms. The third-order valence-corrected chi connectivity index (χ3v) is 5.66. The number of carbonyl (C=O) groups is 2. The van der Waals surface area contributed by atoms with Crippen LogP contribution in [0.2, 0.25) is 0 Å². The highest BCUT2D eigenvalue weighted by molar-refractivity contribution is 7.99. The molecule has 0 saturated carbocycles. The second-order valence-corrected chi connectivity index (χ2v) is 7.93. The number of ether oxygens (including phenoxy) is 2. The van der Waals surface area contributed by atoms with Crippen molar-refractivity contribution in [1.29, 1.82) is 0 Å². The predicted molar refractivity (Wildman–Crippen MR) is 115 cm³/mol. The molecule has 0 fully saturated rings. The van der Waals surface area contributed by atoms with Crippen molar-refractivity contribution in [2.24, 2.45) is 7.05 Å². The van der Waals surface area contributed by atoms with Gasteiger partial charge in [0.1, 0.15) is 6.33 Å². The summed E-state index contributed by atoms with van der Waals surface area (Å²) in [6.45, 7) is 0.655. The first-order chi connectivity index (χ1) is 15.0. The van der Waals surface area contributed by atoms with E-state index in [1.165, 1.54) is 11.8 Å². The summed E-state index contributed by atoms with van der Waals surface area (Å²) in [6.07, 6.45) is 1.58. The maximum atomic E-state index is 12.7. The number of fused-ring (bicyclic) bond motifs is 1. The molecule has 1 aliphatic rings. The number of anilines is 1. The Balaban J connectivity index is 1.31. The van der Waals surface area contributed by atoms with E-state index in [0.29, 0.717) is 34.5 Å². The van der Waals surface area contributed by atoms with Gasteiger partial charge in [0.15, 0.2) is 16.7 Å². The molecule has 0 bridgehead atoms. The summed E-state index contributed by atoms with van der Waals surface area (Å²) >= 11 is 1.30. The highest BCUT2D eigenvalue weighted by Crippen LogP contribution is 2.32. The molecular formula is C21H21N5O4S. The van der Waals surface area contributed by atoms with Crippen LogP contribution in [-0.2, 0) is 18.4 Å². The van der Waals surface area contributed by atoms with Crippen molar-refractivity contribution in [3.8, 4) is 11.5 Å². The number of thioether (sulfide) groups is 1. The van der Waals surface area contributed by atoms with Crippen LogP contribution in [0.25, 0.3) is 0 Å². The van der Waals surface area contributed by atoms with Crippen LogP contribution < -0.4 is 14.8 Å². The van der Waals surface area contributed by atoms with Crippen LogP contribution in [0.5, 0.6) is 11.5 Å². The Labute approximate surface area is 183 Å². The lowest BCUT2D eigenvalue weighted by atomic mass is 10.1. The Morgan fingerprint density at radius 2 is 1.94 bits per heavy atom. The van der Waals surface area contributed by atoms with E-state index in [0.717, 1.165) is 5.56 Å². The topological polar surface area (TPSA) is 98.6 Å². The zero-order chi connectivity index (χ0) is 21.8. The van der Waals surface area contributed by atoms with E-state index in [4.69, 9.17) is 9.47 Å². The van der Waals surface area contributed by atoms with Gasteiger partial charge in [-0.1, -0.05) is 17.8 Å². The fourth-order valence-electron chi connectivity index (χ4n) is 3.03. The molecule has 31 heavy (non-hydrogen) atoms. The molecule has 2 amide bonds. The molecule has 2 heterocycles. The van der Waals surface area contributed by atoms with Crippen molar-refractivity contribution < 1.29 is 19.1 Å². The summed E-state index contributed by atoms with van der Waals surface area (Å²) in [7, 11) is 3.56. The summed E-state index contributed by atoms with van der Waals surface area (Å²) in [5, 5.41) is 11.2. The lowest BCUT2D eigenvalue weighted by molar-refractivity contribution is -0.113. The van der Waals surface area contributed by atoms with Gasteiger partial charge in [0.2, 0.25) is 12.7 Å². The average molecular weight is 439 g/mol. The largest absolute Gasteiger partial charge is 0.454 e. The Morgan fingerprint density at radius 1 is 1.16 bits per heavy atom. The van der Waals surface area contributed by atoms with Gasteiger partial charge in [0, 0.05) is 31.9 Å². The zero-order valence-corrected chi connectivity index (χ0v) is 17.9. The molecule has 0 spiro atoms. The van der Waals surface area contributed by atoms with Crippen molar-refractivity contribution in [1.82, 2.24) is 19.7 Å². The van der Waals surface area contributed by atoms with Crippen LogP contribution in [0, 0.1) is 0 Å². The minimum absolute atomic E-state index is 0.117. The lowest BCUT2D eigenvalue weighted by Gasteiger charge is -2.18. The number of benzene rings is 2. The van der Waals surface area contributed by atoms with Crippen molar-refractivity contribution in [3.05, 3.63) is 59.9 Å². The van der Waals surface area contributed by atoms with Crippen molar-refractivity contribution in [2.45, 2.75) is 11.7 Å². The van der Waals surface area contributed by atoms with E-state index in [-0.39, 0.29) is 24.4 Å². The first-order valence-corrected chi connectivity index (χ1v) is 10.5.